The molecular weight excluding hydrogens is 306 g/mol. The third-order valence-electron chi connectivity index (χ3n) is 4.16. The van der Waals surface area contributed by atoms with Crippen LogP contribution in [0.4, 0.5) is 5.69 Å². The maximum atomic E-state index is 12.6. The van der Waals surface area contributed by atoms with Gasteiger partial charge in [-0.05, 0) is 42.7 Å². The molecule has 24 heavy (non-hydrogen) atoms. The Hall–Kier alpha value is -2.66. The second-order valence-electron chi connectivity index (χ2n) is 5.77. The molecule has 0 bridgehead atoms. The van der Waals surface area contributed by atoms with Crippen LogP contribution >= 0.6 is 0 Å². The van der Waals surface area contributed by atoms with Gasteiger partial charge in [-0.2, -0.15) is 0 Å². The first-order valence-corrected chi connectivity index (χ1v) is 7.90. The first-order chi connectivity index (χ1) is 11.6. The lowest BCUT2D eigenvalue weighted by Gasteiger charge is -2.21. The fourth-order valence-corrected chi connectivity index (χ4v) is 2.81. The second-order valence-corrected chi connectivity index (χ2v) is 5.77. The number of fused-ring (bicyclic) bond motifs is 1. The number of hydrogen-bond donors (Lipinski definition) is 1. The Balaban J connectivity index is 1.67. The summed E-state index contributed by atoms with van der Waals surface area (Å²) >= 11 is 0. The monoisotopic (exact) mass is 325 g/mol. The molecule has 0 spiro atoms. The van der Waals surface area contributed by atoms with Crippen LogP contribution < -0.4 is 4.90 Å². The van der Waals surface area contributed by atoms with Crippen molar-refractivity contribution in [3.63, 3.8) is 0 Å². The highest BCUT2D eigenvalue weighted by Gasteiger charge is 2.29. The molecule has 1 heterocycles. The number of benzene rings is 2. The van der Waals surface area contributed by atoms with Crippen molar-refractivity contribution in [2.45, 2.75) is 26.1 Å². The van der Waals surface area contributed by atoms with Gasteiger partial charge in [-0.3, -0.25) is 4.79 Å². The third kappa shape index (κ3) is 3.16. The number of rotatable bonds is 4. The van der Waals surface area contributed by atoms with Gasteiger partial charge in [-0.1, -0.05) is 30.3 Å². The van der Waals surface area contributed by atoms with E-state index in [4.69, 9.17) is 9.84 Å². The van der Waals surface area contributed by atoms with Gasteiger partial charge in [0.15, 0.2) is 6.10 Å². The summed E-state index contributed by atoms with van der Waals surface area (Å²) in [6.07, 6.45) is -0.0493. The molecule has 5 nitrogen and oxygen atoms in total. The Labute approximate surface area is 140 Å². The van der Waals surface area contributed by atoms with Gasteiger partial charge in [0, 0.05) is 12.2 Å². The molecule has 1 amide bonds. The largest absolute Gasteiger partial charge is 0.449 e. The van der Waals surface area contributed by atoms with Crippen molar-refractivity contribution in [3.05, 3.63) is 65.2 Å². The van der Waals surface area contributed by atoms with Gasteiger partial charge in [0.1, 0.15) is 0 Å². The molecule has 0 saturated heterocycles. The predicted octanol–water partition coefficient (Wildman–Crippen LogP) is 2.31. The molecule has 0 saturated carbocycles. The molecule has 1 aliphatic heterocycles. The average Bonchev–Trinajstić information content (AvgIpc) is 3.05. The van der Waals surface area contributed by atoms with E-state index in [0.29, 0.717) is 17.7 Å². The minimum atomic E-state index is -0.860. The predicted molar refractivity (Wildman–Crippen MR) is 89.7 cm³/mol. The molecule has 0 aromatic heterocycles. The van der Waals surface area contributed by atoms with Crippen molar-refractivity contribution in [1.29, 1.82) is 0 Å². The maximum absolute atomic E-state index is 12.6. The van der Waals surface area contributed by atoms with Gasteiger partial charge < -0.3 is 14.7 Å². The first-order valence-electron chi connectivity index (χ1n) is 7.90. The van der Waals surface area contributed by atoms with Crippen molar-refractivity contribution in [2.24, 2.45) is 0 Å². The lowest BCUT2D eigenvalue weighted by molar-refractivity contribution is -0.126. The summed E-state index contributed by atoms with van der Waals surface area (Å²) in [4.78, 5) is 26.4. The van der Waals surface area contributed by atoms with E-state index in [1.165, 1.54) is 0 Å². The molecule has 0 radical (unpaired) electrons. The van der Waals surface area contributed by atoms with Crippen molar-refractivity contribution in [1.82, 2.24) is 0 Å². The van der Waals surface area contributed by atoms with Gasteiger partial charge in [0.2, 0.25) is 0 Å². The number of esters is 1. The average molecular weight is 325 g/mol. The zero-order valence-electron chi connectivity index (χ0n) is 13.4. The number of aliphatic hydroxyl groups is 1. The van der Waals surface area contributed by atoms with Crippen LogP contribution in [-0.4, -0.2) is 29.6 Å². The van der Waals surface area contributed by atoms with Gasteiger partial charge in [-0.15, -0.1) is 0 Å². The molecule has 1 aliphatic rings. The lowest BCUT2D eigenvalue weighted by atomic mass is 10.1. The Morgan fingerprint density at radius 2 is 1.88 bits per heavy atom. The van der Waals surface area contributed by atoms with Crippen molar-refractivity contribution >= 4 is 17.6 Å². The summed E-state index contributed by atoms with van der Waals surface area (Å²) in [7, 11) is 0. The van der Waals surface area contributed by atoms with Gasteiger partial charge in [0.25, 0.3) is 5.91 Å². The molecule has 5 heteroatoms. The van der Waals surface area contributed by atoms with Crippen LogP contribution in [0.25, 0.3) is 0 Å². The number of anilines is 1. The number of amides is 1. The van der Waals surface area contributed by atoms with Gasteiger partial charge in [-0.25, -0.2) is 4.79 Å². The molecule has 3 rings (SSSR count). The smallest absolute Gasteiger partial charge is 0.338 e. The zero-order chi connectivity index (χ0) is 17.1. The Morgan fingerprint density at radius 3 is 2.58 bits per heavy atom. The molecule has 1 N–H and O–H groups in total. The van der Waals surface area contributed by atoms with Crippen LogP contribution in [0.5, 0.6) is 0 Å². The number of para-hydroxylation sites is 1. The summed E-state index contributed by atoms with van der Waals surface area (Å²) in [6.45, 7) is 2.10. The molecule has 0 unspecified atom stereocenters. The molecule has 0 fully saturated rings. The number of ether oxygens (including phenoxy) is 1. The Kier molecular flexibility index (Phi) is 4.62. The third-order valence-corrected chi connectivity index (χ3v) is 4.16. The standard InChI is InChI=1S/C19H19NO4/c1-13(24-19(23)16-8-6-14(12-21)7-9-16)18(22)20-11-10-15-4-2-3-5-17(15)20/h2-9,13,21H,10-12H2,1H3/t13-/m1/s1. The van der Waals surface area contributed by atoms with Gasteiger partial charge >= 0.3 is 5.97 Å². The number of hydrogen-bond acceptors (Lipinski definition) is 4. The van der Waals surface area contributed by atoms with Crippen molar-refractivity contribution in [2.75, 3.05) is 11.4 Å². The number of nitrogens with zero attached hydrogens (tertiary/aromatic N) is 1. The minimum Gasteiger partial charge on any atom is -0.449 e. The summed E-state index contributed by atoms with van der Waals surface area (Å²) in [6, 6.07) is 14.2. The Bertz CT molecular complexity index is 754. The van der Waals surface area contributed by atoms with Crippen LogP contribution in [-0.2, 0) is 22.6 Å². The van der Waals surface area contributed by atoms with E-state index >= 15 is 0 Å². The van der Waals surface area contributed by atoms with E-state index in [9.17, 15) is 9.59 Å². The van der Waals surface area contributed by atoms with Gasteiger partial charge in [0.05, 0.1) is 12.2 Å². The quantitative estimate of drug-likeness (QED) is 0.876. The van der Waals surface area contributed by atoms with E-state index in [-0.39, 0.29) is 12.5 Å². The lowest BCUT2D eigenvalue weighted by Crippen LogP contribution is -2.39. The van der Waals surface area contributed by atoms with E-state index < -0.39 is 12.1 Å². The van der Waals surface area contributed by atoms with Crippen LogP contribution in [0.1, 0.15) is 28.4 Å². The maximum Gasteiger partial charge on any atom is 0.338 e. The molecule has 0 aliphatic carbocycles. The van der Waals surface area contributed by atoms with Crippen molar-refractivity contribution < 1.29 is 19.4 Å². The molecule has 2 aromatic carbocycles. The van der Waals surface area contributed by atoms with Crippen LogP contribution in [0, 0.1) is 0 Å². The highest BCUT2D eigenvalue weighted by Crippen LogP contribution is 2.28. The van der Waals surface area contributed by atoms with Crippen LogP contribution in [0.15, 0.2) is 48.5 Å². The summed E-state index contributed by atoms with van der Waals surface area (Å²) in [5.41, 5.74) is 3.08. The molecule has 1 atom stereocenters. The molecule has 124 valence electrons. The highest BCUT2D eigenvalue weighted by atomic mass is 16.5. The van der Waals surface area contributed by atoms with E-state index in [1.807, 2.05) is 24.3 Å². The van der Waals surface area contributed by atoms with Crippen LogP contribution in [0.3, 0.4) is 0 Å². The summed E-state index contributed by atoms with van der Waals surface area (Å²) in [5.74, 6) is -0.770. The number of carbonyl (C=O) groups excluding carboxylic acids is 2. The van der Waals surface area contributed by atoms with E-state index in [1.54, 1.807) is 36.1 Å². The molecular formula is C19H19NO4. The fraction of sp³-hybridized carbons (Fsp3) is 0.263. The van der Waals surface area contributed by atoms with E-state index in [0.717, 1.165) is 17.7 Å². The second kappa shape index (κ2) is 6.84. The SMILES string of the molecule is C[C@@H](OC(=O)c1ccc(CO)cc1)C(=O)N1CCc2ccccc21. The first kappa shape index (κ1) is 16.2. The fourth-order valence-electron chi connectivity index (χ4n) is 2.81. The zero-order valence-corrected chi connectivity index (χ0v) is 13.4. The Morgan fingerprint density at radius 1 is 1.17 bits per heavy atom. The van der Waals surface area contributed by atoms with Crippen molar-refractivity contribution in [3.8, 4) is 0 Å². The molecule has 2 aromatic rings. The van der Waals surface area contributed by atoms with Crippen LogP contribution in [0.2, 0.25) is 0 Å². The minimum absolute atomic E-state index is 0.0847. The number of carbonyl (C=O) groups is 2. The summed E-state index contributed by atoms with van der Waals surface area (Å²) < 4.78 is 5.31. The van der Waals surface area contributed by atoms with E-state index in [2.05, 4.69) is 0 Å². The highest BCUT2D eigenvalue weighted by molar-refractivity contribution is 6.00. The normalized spacial score (nSPS) is 14.2. The topological polar surface area (TPSA) is 66.8 Å². The summed E-state index contributed by atoms with van der Waals surface area (Å²) in [5, 5.41) is 9.02. The number of aliphatic hydroxyl groups excluding tert-OH is 1.